The SMILES string of the molecule is CC(C)C(=O)CCN1C(=O)C(C(C)C)CC1C. The van der Waals surface area contributed by atoms with Crippen LogP contribution in [-0.2, 0) is 9.59 Å². The lowest BCUT2D eigenvalue weighted by Crippen LogP contribution is -2.35. The molecule has 1 heterocycles. The molecule has 3 heteroatoms. The Hall–Kier alpha value is -0.860. The third kappa shape index (κ3) is 3.30. The first-order valence-corrected chi connectivity index (χ1v) is 6.67. The molecule has 0 aromatic rings. The van der Waals surface area contributed by atoms with Gasteiger partial charge in [-0.15, -0.1) is 0 Å². The molecule has 0 saturated carbocycles. The number of Topliss-reactive ketones (excluding diaryl/α,β-unsaturated/α-hetero) is 1. The molecular weight excluding hydrogens is 214 g/mol. The molecule has 1 saturated heterocycles. The summed E-state index contributed by atoms with van der Waals surface area (Å²) in [6, 6.07) is 0.287. The van der Waals surface area contributed by atoms with E-state index in [1.54, 1.807) is 0 Å². The Morgan fingerprint density at radius 3 is 2.35 bits per heavy atom. The molecule has 1 fully saturated rings. The van der Waals surface area contributed by atoms with Crippen molar-refractivity contribution >= 4 is 11.7 Å². The highest BCUT2D eigenvalue weighted by Gasteiger charge is 2.38. The molecule has 0 radical (unpaired) electrons. The van der Waals surface area contributed by atoms with Gasteiger partial charge in [-0.1, -0.05) is 27.7 Å². The number of amides is 1. The molecule has 0 aliphatic carbocycles. The van der Waals surface area contributed by atoms with Gasteiger partial charge in [-0.05, 0) is 19.3 Å². The van der Waals surface area contributed by atoms with Crippen LogP contribution in [0.2, 0.25) is 0 Å². The lowest BCUT2D eigenvalue weighted by Gasteiger charge is -2.22. The summed E-state index contributed by atoms with van der Waals surface area (Å²) in [7, 11) is 0. The Balaban J connectivity index is 2.54. The second-order valence-corrected chi connectivity index (χ2v) is 5.84. The van der Waals surface area contributed by atoms with Crippen molar-refractivity contribution in [1.29, 1.82) is 0 Å². The van der Waals surface area contributed by atoms with Crippen LogP contribution in [0.25, 0.3) is 0 Å². The third-order valence-electron chi connectivity index (χ3n) is 3.78. The summed E-state index contributed by atoms with van der Waals surface area (Å²) in [4.78, 5) is 25.6. The minimum atomic E-state index is 0.0731. The molecule has 98 valence electrons. The van der Waals surface area contributed by atoms with Crippen LogP contribution in [0.15, 0.2) is 0 Å². The highest BCUT2D eigenvalue weighted by atomic mass is 16.2. The number of rotatable bonds is 5. The van der Waals surface area contributed by atoms with Crippen molar-refractivity contribution in [2.24, 2.45) is 17.8 Å². The highest BCUT2D eigenvalue weighted by Crippen LogP contribution is 2.30. The zero-order chi connectivity index (χ0) is 13.2. The molecule has 1 aliphatic rings. The van der Waals surface area contributed by atoms with Gasteiger partial charge in [0.2, 0.25) is 5.91 Å². The van der Waals surface area contributed by atoms with Crippen molar-refractivity contribution in [3.8, 4) is 0 Å². The minimum absolute atomic E-state index is 0.0731. The average molecular weight is 239 g/mol. The number of likely N-dealkylation sites (tertiary alicyclic amines) is 1. The van der Waals surface area contributed by atoms with Gasteiger partial charge >= 0.3 is 0 Å². The zero-order valence-corrected chi connectivity index (χ0v) is 11.7. The number of ketones is 1. The maximum absolute atomic E-state index is 12.2. The van der Waals surface area contributed by atoms with E-state index in [-0.39, 0.29) is 29.6 Å². The molecule has 1 rings (SSSR count). The van der Waals surface area contributed by atoms with Crippen LogP contribution >= 0.6 is 0 Å². The summed E-state index contributed by atoms with van der Waals surface area (Å²) in [5.74, 6) is 1.11. The Morgan fingerprint density at radius 1 is 1.35 bits per heavy atom. The van der Waals surface area contributed by atoms with E-state index >= 15 is 0 Å². The molecular formula is C14H25NO2. The molecule has 0 bridgehead atoms. The van der Waals surface area contributed by atoms with E-state index in [4.69, 9.17) is 0 Å². The van der Waals surface area contributed by atoms with Crippen molar-refractivity contribution in [2.45, 2.75) is 53.5 Å². The number of carbonyl (C=O) groups is 2. The van der Waals surface area contributed by atoms with E-state index in [1.165, 1.54) is 0 Å². The van der Waals surface area contributed by atoms with Crippen LogP contribution in [0.3, 0.4) is 0 Å². The number of hydrogen-bond donors (Lipinski definition) is 0. The molecule has 1 amide bonds. The van der Waals surface area contributed by atoms with Gasteiger partial charge in [0.15, 0.2) is 0 Å². The van der Waals surface area contributed by atoms with Crippen molar-refractivity contribution in [2.75, 3.05) is 6.54 Å². The van der Waals surface area contributed by atoms with Gasteiger partial charge in [-0.3, -0.25) is 9.59 Å². The van der Waals surface area contributed by atoms with Gasteiger partial charge < -0.3 is 4.90 Å². The third-order valence-corrected chi connectivity index (χ3v) is 3.78. The van der Waals surface area contributed by atoms with E-state index in [0.717, 1.165) is 6.42 Å². The summed E-state index contributed by atoms with van der Waals surface area (Å²) >= 11 is 0. The maximum atomic E-state index is 12.2. The second-order valence-electron chi connectivity index (χ2n) is 5.84. The van der Waals surface area contributed by atoms with E-state index < -0.39 is 0 Å². The minimum Gasteiger partial charge on any atom is -0.339 e. The fourth-order valence-corrected chi connectivity index (χ4v) is 2.43. The van der Waals surface area contributed by atoms with Crippen LogP contribution in [-0.4, -0.2) is 29.2 Å². The van der Waals surface area contributed by atoms with E-state index in [2.05, 4.69) is 20.8 Å². The molecule has 0 aromatic heterocycles. The summed E-state index contributed by atoms with van der Waals surface area (Å²) < 4.78 is 0. The predicted octanol–water partition coefficient (Wildman–Crippen LogP) is 2.49. The monoisotopic (exact) mass is 239 g/mol. The molecule has 17 heavy (non-hydrogen) atoms. The highest BCUT2D eigenvalue weighted by molar-refractivity contribution is 5.84. The fourth-order valence-electron chi connectivity index (χ4n) is 2.43. The first kappa shape index (κ1) is 14.2. The van der Waals surface area contributed by atoms with E-state index in [1.807, 2.05) is 18.7 Å². The Kier molecular flexibility index (Phi) is 4.72. The summed E-state index contributed by atoms with van der Waals surface area (Å²) in [6.45, 7) is 10.7. The Labute approximate surface area is 105 Å². The van der Waals surface area contributed by atoms with Crippen LogP contribution in [0.5, 0.6) is 0 Å². The Bertz CT molecular complexity index is 297. The van der Waals surface area contributed by atoms with Crippen LogP contribution in [0.1, 0.15) is 47.5 Å². The summed E-state index contributed by atoms with van der Waals surface area (Å²) in [6.07, 6.45) is 1.44. The average Bonchev–Trinajstić information content (AvgIpc) is 2.51. The lowest BCUT2D eigenvalue weighted by atomic mass is 9.93. The number of hydrogen-bond acceptors (Lipinski definition) is 2. The van der Waals surface area contributed by atoms with Gasteiger partial charge in [0, 0.05) is 30.8 Å². The first-order valence-electron chi connectivity index (χ1n) is 6.67. The summed E-state index contributed by atoms with van der Waals surface area (Å²) in [5.41, 5.74) is 0. The quantitative estimate of drug-likeness (QED) is 0.739. The predicted molar refractivity (Wildman–Crippen MR) is 68.6 cm³/mol. The molecule has 3 nitrogen and oxygen atoms in total. The standard InChI is InChI=1S/C14H25NO2/c1-9(2)12-8-11(5)15(14(12)17)7-6-13(16)10(3)4/h9-12H,6-8H2,1-5H3. The zero-order valence-electron chi connectivity index (χ0n) is 11.7. The van der Waals surface area contributed by atoms with Crippen LogP contribution in [0, 0.1) is 17.8 Å². The fraction of sp³-hybridized carbons (Fsp3) is 0.857. The van der Waals surface area contributed by atoms with Gasteiger partial charge in [0.05, 0.1) is 0 Å². The topological polar surface area (TPSA) is 37.4 Å². The van der Waals surface area contributed by atoms with E-state index in [9.17, 15) is 9.59 Å². The summed E-state index contributed by atoms with van der Waals surface area (Å²) in [5, 5.41) is 0. The van der Waals surface area contributed by atoms with Crippen molar-refractivity contribution < 1.29 is 9.59 Å². The lowest BCUT2D eigenvalue weighted by molar-refractivity contribution is -0.133. The first-order chi connectivity index (χ1) is 7.84. The van der Waals surface area contributed by atoms with E-state index in [0.29, 0.717) is 18.9 Å². The van der Waals surface area contributed by atoms with Crippen LogP contribution in [0.4, 0.5) is 0 Å². The van der Waals surface area contributed by atoms with Gasteiger partial charge in [-0.25, -0.2) is 0 Å². The normalized spacial score (nSPS) is 25.1. The van der Waals surface area contributed by atoms with Crippen molar-refractivity contribution in [3.05, 3.63) is 0 Å². The molecule has 0 N–H and O–H groups in total. The van der Waals surface area contributed by atoms with Gasteiger partial charge in [0.1, 0.15) is 5.78 Å². The molecule has 2 atom stereocenters. The largest absolute Gasteiger partial charge is 0.339 e. The number of nitrogens with zero attached hydrogens (tertiary/aromatic N) is 1. The molecule has 0 spiro atoms. The van der Waals surface area contributed by atoms with Crippen molar-refractivity contribution in [1.82, 2.24) is 4.90 Å². The maximum Gasteiger partial charge on any atom is 0.226 e. The smallest absolute Gasteiger partial charge is 0.226 e. The molecule has 2 unspecified atom stereocenters. The molecule has 0 aromatic carbocycles. The van der Waals surface area contributed by atoms with Gasteiger partial charge in [0.25, 0.3) is 0 Å². The van der Waals surface area contributed by atoms with Crippen LogP contribution < -0.4 is 0 Å². The number of carbonyl (C=O) groups excluding carboxylic acids is 2. The Morgan fingerprint density at radius 2 is 1.94 bits per heavy atom. The van der Waals surface area contributed by atoms with Crippen molar-refractivity contribution in [3.63, 3.8) is 0 Å². The molecule has 1 aliphatic heterocycles. The second kappa shape index (κ2) is 5.65. The van der Waals surface area contributed by atoms with Gasteiger partial charge in [-0.2, -0.15) is 0 Å².